The zero-order valence-corrected chi connectivity index (χ0v) is 13.1. The number of amides is 1. The molecule has 3 N–H and O–H groups in total. The number of hydrogen-bond donors (Lipinski definition) is 2. The Morgan fingerprint density at radius 1 is 1.47 bits per heavy atom. The number of anilines is 2. The topological polar surface area (TPSA) is 67.6 Å². The van der Waals surface area contributed by atoms with Crippen molar-refractivity contribution in [2.75, 3.05) is 38.8 Å². The van der Waals surface area contributed by atoms with Gasteiger partial charge in [-0.2, -0.15) is 0 Å². The summed E-state index contributed by atoms with van der Waals surface area (Å²) in [5, 5.41) is 4.12. The Balaban J connectivity index is 2.92. The van der Waals surface area contributed by atoms with E-state index in [1.807, 2.05) is 0 Å². The summed E-state index contributed by atoms with van der Waals surface area (Å²) in [4.78, 5) is 14.0. The number of nitrogen functional groups attached to an aromatic ring is 1. The largest absolute Gasteiger partial charge is 0.492 e. The zero-order valence-electron chi connectivity index (χ0n) is 12.2. The van der Waals surface area contributed by atoms with Gasteiger partial charge in [0.15, 0.2) is 5.75 Å². The summed E-state index contributed by atoms with van der Waals surface area (Å²) in [7, 11) is 4.98. The van der Waals surface area contributed by atoms with Crippen LogP contribution in [0.5, 0.6) is 5.75 Å². The van der Waals surface area contributed by atoms with Crippen molar-refractivity contribution in [3.63, 3.8) is 0 Å². The van der Waals surface area contributed by atoms with E-state index in [9.17, 15) is 4.79 Å². The number of carbonyl (C=O) groups excluding carboxylic acids is 1. The number of methoxy groups -OCH3 is 1. The second-order valence-electron chi connectivity index (χ2n) is 5.02. The van der Waals surface area contributed by atoms with Gasteiger partial charge in [-0.3, -0.25) is 4.79 Å². The van der Waals surface area contributed by atoms with Crippen LogP contribution in [0.4, 0.5) is 10.7 Å². The van der Waals surface area contributed by atoms with Crippen molar-refractivity contribution in [2.45, 2.75) is 20.3 Å². The van der Waals surface area contributed by atoms with Crippen molar-refractivity contribution < 1.29 is 9.53 Å². The normalized spacial score (nSPS) is 10.6. The molecule has 0 saturated carbocycles. The van der Waals surface area contributed by atoms with E-state index in [1.165, 1.54) is 16.2 Å². The maximum Gasteiger partial charge on any atom is 0.265 e. The van der Waals surface area contributed by atoms with Gasteiger partial charge in [-0.15, -0.1) is 11.3 Å². The zero-order chi connectivity index (χ0) is 14.6. The van der Waals surface area contributed by atoms with Gasteiger partial charge in [-0.05, 0) is 12.3 Å². The summed E-state index contributed by atoms with van der Waals surface area (Å²) in [6.45, 7) is 5.18. The van der Waals surface area contributed by atoms with Gasteiger partial charge in [0.05, 0.1) is 7.11 Å². The lowest BCUT2D eigenvalue weighted by Crippen LogP contribution is -2.21. The first kappa shape index (κ1) is 15.6. The van der Waals surface area contributed by atoms with Crippen LogP contribution in [-0.4, -0.2) is 38.6 Å². The SMILES string of the molecule is COc1c(NCCC(C)C)sc(C(=O)N(C)C)c1N. The molecule has 108 valence electrons. The fourth-order valence-corrected chi connectivity index (χ4v) is 2.72. The molecule has 5 nitrogen and oxygen atoms in total. The highest BCUT2D eigenvalue weighted by atomic mass is 32.1. The quantitative estimate of drug-likeness (QED) is 0.842. The minimum absolute atomic E-state index is 0.0993. The molecule has 1 aromatic rings. The van der Waals surface area contributed by atoms with Gasteiger partial charge >= 0.3 is 0 Å². The lowest BCUT2D eigenvalue weighted by Gasteiger charge is -2.08. The second kappa shape index (κ2) is 6.65. The number of nitrogens with zero attached hydrogens (tertiary/aromatic N) is 1. The van der Waals surface area contributed by atoms with Crippen LogP contribution in [0.25, 0.3) is 0 Å². The predicted octanol–water partition coefficient (Wildman–Crippen LogP) is 2.50. The van der Waals surface area contributed by atoms with Crippen molar-refractivity contribution in [3.8, 4) is 5.75 Å². The fourth-order valence-electron chi connectivity index (χ4n) is 1.58. The molecule has 0 aliphatic carbocycles. The summed E-state index contributed by atoms with van der Waals surface area (Å²) in [5.41, 5.74) is 6.40. The van der Waals surface area contributed by atoms with Crippen LogP contribution in [0.1, 0.15) is 29.9 Å². The Morgan fingerprint density at radius 2 is 2.11 bits per heavy atom. The lowest BCUT2D eigenvalue weighted by atomic mass is 10.1. The number of rotatable bonds is 6. The van der Waals surface area contributed by atoms with Crippen LogP contribution >= 0.6 is 11.3 Å². The second-order valence-corrected chi connectivity index (χ2v) is 6.04. The molecule has 0 aliphatic heterocycles. The maximum absolute atomic E-state index is 12.0. The minimum atomic E-state index is -0.0993. The first-order valence-corrected chi connectivity index (χ1v) is 7.11. The summed E-state index contributed by atoms with van der Waals surface area (Å²) < 4.78 is 5.30. The van der Waals surface area contributed by atoms with E-state index in [0.29, 0.717) is 22.2 Å². The van der Waals surface area contributed by atoms with Gasteiger partial charge in [-0.1, -0.05) is 13.8 Å². The highest BCUT2D eigenvalue weighted by molar-refractivity contribution is 7.19. The Morgan fingerprint density at radius 3 is 2.58 bits per heavy atom. The number of nitrogens with two attached hydrogens (primary N) is 1. The molecular weight excluding hydrogens is 262 g/mol. The van der Waals surface area contributed by atoms with Gasteiger partial charge in [0.25, 0.3) is 5.91 Å². The van der Waals surface area contributed by atoms with E-state index in [0.717, 1.165) is 18.0 Å². The summed E-state index contributed by atoms with van der Waals surface area (Å²) in [6.07, 6.45) is 1.05. The van der Waals surface area contributed by atoms with Crippen molar-refractivity contribution in [2.24, 2.45) is 5.92 Å². The Kier molecular flexibility index (Phi) is 5.47. The number of carbonyl (C=O) groups is 1. The third-order valence-corrected chi connectivity index (χ3v) is 3.84. The average Bonchev–Trinajstić information content (AvgIpc) is 2.64. The van der Waals surface area contributed by atoms with Crippen molar-refractivity contribution in [3.05, 3.63) is 4.88 Å². The van der Waals surface area contributed by atoms with Crippen LogP contribution in [-0.2, 0) is 0 Å². The van der Waals surface area contributed by atoms with Crippen LogP contribution < -0.4 is 15.8 Å². The molecule has 0 radical (unpaired) electrons. The van der Waals surface area contributed by atoms with E-state index in [-0.39, 0.29) is 5.91 Å². The van der Waals surface area contributed by atoms with Crippen molar-refractivity contribution in [1.82, 2.24) is 4.90 Å². The summed E-state index contributed by atoms with van der Waals surface area (Å²) >= 11 is 1.35. The smallest absolute Gasteiger partial charge is 0.265 e. The molecule has 0 unspecified atom stereocenters. The number of ether oxygens (including phenoxy) is 1. The maximum atomic E-state index is 12.0. The summed E-state index contributed by atoms with van der Waals surface area (Å²) in [5.74, 6) is 1.09. The Hall–Kier alpha value is -1.43. The van der Waals surface area contributed by atoms with E-state index in [1.54, 1.807) is 21.2 Å². The third-order valence-electron chi connectivity index (χ3n) is 2.71. The van der Waals surface area contributed by atoms with Gasteiger partial charge < -0.3 is 20.7 Å². The van der Waals surface area contributed by atoms with Crippen LogP contribution in [0, 0.1) is 5.92 Å². The monoisotopic (exact) mass is 285 g/mol. The van der Waals surface area contributed by atoms with Crippen LogP contribution in [0.15, 0.2) is 0 Å². The van der Waals surface area contributed by atoms with Gasteiger partial charge in [0.2, 0.25) is 0 Å². The molecule has 1 amide bonds. The average molecular weight is 285 g/mol. The van der Waals surface area contributed by atoms with E-state index in [2.05, 4.69) is 19.2 Å². The molecule has 1 aromatic heterocycles. The molecule has 0 aromatic carbocycles. The molecule has 1 heterocycles. The van der Waals surface area contributed by atoms with Gasteiger partial charge in [-0.25, -0.2) is 0 Å². The first-order chi connectivity index (χ1) is 8.88. The first-order valence-electron chi connectivity index (χ1n) is 6.30. The Labute approximate surface area is 118 Å². The number of thiophene rings is 1. The molecule has 0 spiro atoms. The fraction of sp³-hybridized carbons (Fsp3) is 0.615. The molecule has 0 aliphatic rings. The minimum Gasteiger partial charge on any atom is -0.492 e. The van der Waals surface area contributed by atoms with Crippen molar-refractivity contribution in [1.29, 1.82) is 0 Å². The molecule has 1 rings (SSSR count). The predicted molar refractivity (Wildman–Crippen MR) is 81.2 cm³/mol. The van der Waals surface area contributed by atoms with E-state index >= 15 is 0 Å². The molecule has 19 heavy (non-hydrogen) atoms. The lowest BCUT2D eigenvalue weighted by molar-refractivity contribution is 0.0833. The van der Waals surface area contributed by atoms with E-state index < -0.39 is 0 Å². The van der Waals surface area contributed by atoms with Crippen LogP contribution in [0.3, 0.4) is 0 Å². The third kappa shape index (κ3) is 3.76. The molecule has 6 heteroatoms. The highest BCUT2D eigenvalue weighted by Gasteiger charge is 2.22. The molecule has 0 saturated heterocycles. The standard InChI is InChI=1S/C13H23N3O2S/c1-8(2)6-7-15-12-10(18-5)9(14)11(19-12)13(17)16(3)4/h8,15H,6-7,14H2,1-5H3. The van der Waals surface area contributed by atoms with Gasteiger partial charge in [0.1, 0.15) is 15.6 Å². The molecule has 0 atom stereocenters. The highest BCUT2D eigenvalue weighted by Crippen LogP contribution is 2.42. The van der Waals surface area contributed by atoms with E-state index in [4.69, 9.17) is 10.5 Å². The number of nitrogens with one attached hydrogen (secondary N) is 1. The van der Waals surface area contributed by atoms with Gasteiger partial charge in [0, 0.05) is 20.6 Å². The van der Waals surface area contributed by atoms with Crippen molar-refractivity contribution >= 4 is 27.9 Å². The molecule has 0 fully saturated rings. The Bertz CT molecular complexity index is 441. The number of hydrogen-bond acceptors (Lipinski definition) is 5. The summed E-state index contributed by atoms with van der Waals surface area (Å²) in [6, 6.07) is 0. The van der Waals surface area contributed by atoms with Crippen LogP contribution in [0.2, 0.25) is 0 Å². The molecule has 0 bridgehead atoms. The molecular formula is C13H23N3O2S.